The molecule has 0 fully saturated rings. The van der Waals surface area contributed by atoms with Gasteiger partial charge in [0.25, 0.3) is 11.8 Å². The molecule has 4 amide bonds. The largest absolute Gasteiger partial charge is 0.430 e. The molecule has 0 spiro atoms. The monoisotopic (exact) mass is 553 g/mol. The molecule has 0 aliphatic carbocycles. The Kier molecular flexibility index (Phi) is 11.4. The van der Waals surface area contributed by atoms with E-state index in [1.165, 1.54) is 4.90 Å². The van der Waals surface area contributed by atoms with Gasteiger partial charge in [-0.05, 0) is 56.5 Å². The lowest BCUT2D eigenvalue weighted by Gasteiger charge is -2.37. The van der Waals surface area contributed by atoms with Gasteiger partial charge in [-0.25, -0.2) is 14.5 Å². The van der Waals surface area contributed by atoms with Crippen LogP contribution in [0.4, 0.5) is 9.59 Å². The number of fused-ring (bicyclic) bond motifs is 1. The SMILES string of the molecule is CCCCNC(=O)OC(C)N(CC(c1ccncc1)N1C(=O)c2ccccc2C1=O)C(C)OC(=O)NCCCC. The highest BCUT2D eigenvalue weighted by Gasteiger charge is 2.42. The molecule has 0 saturated heterocycles. The van der Waals surface area contributed by atoms with Crippen LogP contribution in [0.5, 0.6) is 0 Å². The Morgan fingerprint density at radius 2 is 1.32 bits per heavy atom. The predicted molar refractivity (Wildman–Crippen MR) is 148 cm³/mol. The third-order valence-electron chi connectivity index (χ3n) is 6.70. The Bertz CT molecular complexity index is 1100. The number of hydrogen-bond donors (Lipinski definition) is 2. The molecule has 1 aromatic heterocycles. The standard InChI is InChI=1S/C29H39N5O6/c1-5-7-15-31-28(37)39-20(3)33(21(4)40-29(38)32-16-8-6-2)19-25(22-13-17-30-18-14-22)34-26(35)23-11-9-10-12-24(23)27(34)36/h9-14,17-18,20-21,25H,5-8,15-16,19H2,1-4H3,(H,31,37)(H,32,38). The molecule has 1 aliphatic rings. The average Bonchev–Trinajstić information content (AvgIpc) is 3.19. The number of nitrogens with one attached hydrogen (secondary N) is 2. The lowest BCUT2D eigenvalue weighted by atomic mass is 10.1. The summed E-state index contributed by atoms with van der Waals surface area (Å²) in [5, 5.41) is 5.43. The molecular formula is C29H39N5O6. The van der Waals surface area contributed by atoms with E-state index in [0.29, 0.717) is 29.8 Å². The highest BCUT2D eigenvalue weighted by atomic mass is 16.6. The molecular weight excluding hydrogens is 514 g/mol. The molecule has 2 aromatic rings. The van der Waals surface area contributed by atoms with Gasteiger partial charge in [0.15, 0.2) is 12.5 Å². The van der Waals surface area contributed by atoms with E-state index in [1.54, 1.807) is 67.5 Å². The number of benzene rings is 1. The Hall–Kier alpha value is -3.99. The number of hydrogen-bond acceptors (Lipinski definition) is 8. The number of nitrogens with zero attached hydrogens (tertiary/aromatic N) is 3. The fraction of sp³-hybridized carbons (Fsp3) is 0.483. The first-order valence-corrected chi connectivity index (χ1v) is 13.8. The van der Waals surface area contributed by atoms with Gasteiger partial charge >= 0.3 is 12.2 Å². The Morgan fingerprint density at radius 1 is 0.850 bits per heavy atom. The first kappa shape index (κ1) is 30.6. The minimum atomic E-state index is -0.875. The summed E-state index contributed by atoms with van der Waals surface area (Å²) < 4.78 is 11.3. The number of pyridine rings is 1. The van der Waals surface area contributed by atoms with Crippen molar-refractivity contribution in [3.8, 4) is 0 Å². The maximum atomic E-state index is 13.5. The maximum absolute atomic E-state index is 13.5. The molecule has 40 heavy (non-hydrogen) atoms. The summed E-state index contributed by atoms with van der Waals surface area (Å²) in [7, 11) is 0. The van der Waals surface area contributed by atoms with Gasteiger partial charge in [0, 0.05) is 32.0 Å². The van der Waals surface area contributed by atoms with Crippen molar-refractivity contribution < 1.29 is 28.7 Å². The van der Waals surface area contributed by atoms with E-state index in [2.05, 4.69) is 15.6 Å². The van der Waals surface area contributed by atoms with E-state index in [1.807, 2.05) is 13.8 Å². The Labute approximate surface area is 235 Å². The second-order valence-corrected chi connectivity index (χ2v) is 9.59. The van der Waals surface area contributed by atoms with Crippen LogP contribution >= 0.6 is 0 Å². The minimum absolute atomic E-state index is 0.0162. The van der Waals surface area contributed by atoms with Gasteiger partial charge in [0.2, 0.25) is 0 Å². The zero-order valence-corrected chi connectivity index (χ0v) is 23.6. The van der Waals surface area contributed by atoms with E-state index in [9.17, 15) is 19.2 Å². The van der Waals surface area contributed by atoms with Crippen molar-refractivity contribution in [1.29, 1.82) is 0 Å². The van der Waals surface area contributed by atoms with Crippen molar-refractivity contribution in [1.82, 2.24) is 25.4 Å². The summed E-state index contributed by atoms with van der Waals surface area (Å²) in [6, 6.07) is 9.31. The normalized spacial score (nSPS) is 14.9. The summed E-state index contributed by atoms with van der Waals surface area (Å²) in [5.74, 6) is -0.863. The number of aromatic nitrogens is 1. The van der Waals surface area contributed by atoms with Gasteiger partial charge < -0.3 is 20.1 Å². The number of amides is 4. The van der Waals surface area contributed by atoms with Gasteiger partial charge in [-0.2, -0.15) is 0 Å². The average molecular weight is 554 g/mol. The fourth-order valence-corrected chi connectivity index (χ4v) is 4.47. The van der Waals surface area contributed by atoms with Crippen LogP contribution in [0.25, 0.3) is 0 Å². The smallest absolute Gasteiger partial charge is 0.408 e. The van der Waals surface area contributed by atoms with Gasteiger partial charge in [0.05, 0.1) is 17.2 Å². The Balaban J connectivity index is 1.90. The van der Waals surface area contributed by atoms with E-state index < -0.39 is 42.5 Å². The zero-order valence-electron chi connectivity index (χ0n) is 23.6. The van der Waals surface area contributed by atoms with E-state index >= 15 is 0 Å². The molecule has 3 atom stereocenters. The molecule has 2 heterocycles. The van der Waals surface area contributed by atoms with Gasteiger partial charge in [-0.3, -0.25) is 19.5 Å². The van der Waals surface area contributed by atoms with Gasteiger partial charge in [0.1, 0.15) is 0 Å². The maximum Gasteiger partial charge on any atom is 0.408 e. The summed E-state index contributed by atoms with van der Waals surface area (Å²) in [5.41, 5.74) is 1.28. The lowest BCUT2D eigenvalue weighted by Crippen LogP contribution is -2.51. The quantitative estimate of drug-likeness (QED) is 0.199. The summed E-state index contributed by atoms with van der Waals surface area (Å²) in [4.78, 5) is 58.9. The molecule has 11 heteroatoms. The number of imide groups is 1. The first-order valence-electron chi connectivity index (χ1n) is 13.8. The number of carbonyl (C=O) groups excluding carboxylic acids is 4. The topological polar surface area (TPSA) is 130 Å². The molecule has 1 aromatic carbocycles. The highest BCUT2D eigenvalue weighted by molar-refractivity contribution is 6.21. The molecule has 0 saturated carbocycles. The molecule has 0 radical (unpaired) electrons. The van der Waals surface area contributed by atoms with Crippen LogP contribution in [-0.2, 0) is 9.47 Å². The van der Waals surface area contributed by atoms with Crippen LogP contribution in [0.3, 0.4) is 0 Å². The number of rotatable bonds is 14. The van der Waals surface area contributed by atoms with Gasteiger partial charge in [-0.15, -0.1) is 0 Å². The third kappa shape index (κ3) is 7.78. The second kappa shape index (κ2) is 15.0. The van der Waals surface area contributed by atoms with E-state index in [4.69, 9.17) is 9.47 Å². The van der Waals surface area contributed by atoms with E-state index in [0.717, 1.165) is 25.7 Å². The number of alkyl carbamates (subject to hydrolysis) is 2. The summed E-state index contributed by atoms with van der Waals surface area (Å²) in [6.07, 6.45) is 3.59. The highest BCUT2D eigenvalue weighted by Crippen LogP contribution is 2.33. The van der Waals surface area contributed by atoms with Crippen LogP contribution in [0.15, 0.2) is 48.8 Å². The van der Waals surface area contributed by atoms with Crippen molar-refractivity contribution in [2.75, 3.05) is 19.6 Å². The van der Waals surface area contributed by atoms with Crippen LogP contribution in [0.1, 0.15) is 85.7 Å². The lowest BCUT2D eigenvalue weighted by molar-refractivity contribution is -0.0988. The van der Waals surface area contributed by atoms with Crippen LogP contribution in [0, 0.1) is 0 Å². The number of unbranched alkanes of at least 4 members (excludes halogenated alkanes) is 2. The second-order valence-electron chi connectivity index (χ2n) is 9.59. The van der Waals surface area contributed by atoms with Crippen molar-refractivity contribution in [2.45, 2.75) is 71.9 Å². The van der Waals surface area contributed by atoms with Gasteiger partial charge in [-0.1, -0.05) is 38.8 Å². The van der Waals surface area contributed by atoms with Crippen LogP contribution in [-0.4, -0.2) is 70.9 Å². The molecule has 3 rings (SSSR count). The predicted octanol–water partition coefficient (Wildman–Crippen LogP) is 4.47. The molecule has 216 valence electrons. The van der Waals surface area contributed by atoms with E-state index in [-0.39, 0.29) is 6.54 Å². The summed E-state index contributed by atoms with van der Waals surface area (Å²) >= 11 is 0. The van der Waals surface area contributed by atoms with Crippen LogP contribution in [0.2, 0.25) is 0 Å². The van der Waals surface area contributed by atoms with Crippen molar-refractivity contribution in [2.24, 2.45) is 0 Å². The summed E-state index contributed by atoms with van der Waals surface area (Å²) in [6.45, 7) is 8.27. The third-order valence-corrected chi connectivity index (χ3v) is 6.70. The molecule has 2 N–H and O–H groups in total. The molecule has 1 aliphatic heterocycles. The zero-order chi connectivity index (χ0) is 29.1. The van der Waals surface area contributed by atoms with Crippen molar-refractivity contribution in [3.63, 3.8) is 0 Å². The molecule has 3 unspecified atom stereocenters. The molecule has 11 nitrogen and oxygen atoms in total. The minimum Gasteiger partial charge on any atom is -0.430 e. The first-order chi connectivity index (χ1) is 19.3. The fourth-order valence-electron chi connectivity index (χ4n) is 4.47. The van der Waals surface area contributed by atoms with Crippen molar-refractivity contribution in [3.05, 3.63) is 65.5 Å². The molecule has 0 bridgehead atoms. The number of ether oxygens (including phenoxy) is 2. The van der Waals surface area contributed by atoms with Crippen LogP contribution < -0.4 is 10.6 Å². The number of carbonyl (C=O) groups is 4. The van der Waals surface area contributed by atoms with Crippen molar-refractivity contribution >= 4 is 24.0 Å². The Morgan fingerprint density at radius 3 is 1.77 bits per heavy atom.